The fourth-order valence-electron chi connectivity index (χ4n) is 4.41. The number of aryl methyl sites for hydroxylation is 1. The van der Waals surface area contributed by atoms with E-state index in [1.807, 2.05) is 30.0 Å². The molecule has 1 aromatic heterocycles. The molecule has 2 fully saturated rings. The van der Waals surface area contributed by atoms with Crippen molar-refractivity contribution in [3.05, 3.63) is 53.3 Å². The molecule has 2 saturated heterocycles. The van der Waals surface area contributed by atoms with Gasteiger partial charge in [0.1, 0.15) is 5.82 Å². The summed E-state index contributed by atoms with van der Waals surface area (Å²) >= 11 is 0. The fraction of sp³-hybridized carbons (Fsp3) is 0.348. The highest BCUT2D eigenvalue weighted by Gasteiger charge is 2.40. The molecule has 3 aromatic rings. The van der Waals surface area contributed by atoms with Crippen molar-refractivity contribution < 1.29 is 19.0 Å². The summed E-state index contributed by atoms with van der Waals surface area (Å²) in [4.78, 5) is 9.38. The van der Waals surface area contributed by atoms with Gasteiger partial charge in [0, 0.05) is 49.1 Å². The van der Waals surface area contributed by atoms with E-state index < -0.39 is 5.79 Å². The van der Waals surface area contributed by atoms with Gasteiger partial charge in [-0.05, 0) is 30.7 Å². The summed E-state index contributed by atoms with van der Waals surface area (Å²) in [7, 11) is 0. The zero-order valence-corrected chi connectivity index (χ0v) is 16.8. The number of rotatable bonds is 3. The molecule has 2 aromatic carbocycles. The van der Waals surface area contributed by atoms with Crippen LogP contribution in [-0.2, 0) is 9.47 Å². The molecule has 3 heterocycles. The Kier molecular flexibility index (Phi) is 4.72. The fourth-order valence-corrected chi connectivity index (χ4v) is 4.41. The van der Waals surface area contributed by atoms with Crippen LogP contribution in [0.15, 0.2) is 41.4 Å². The first-order valence-corrected chi connectivity index (χ1v) is 10.2. The van der Waals surface area contributed by atoms with Crippen molar-refractivity contribution in [1.29, 1.82) is 0 Å². The second-order valence-electron chi connectivity index (χ2n) is 7.87. The van der Waals surface area contributed by atoms with Crippen molar-refractivity contribution in [1.82, 2.24) is 4.98 Å². The second kappa shape index (κ2) is 7.41. The number of benzene rings is 2. The van der Waals surface area contributed by atoms with Gasteiger partial charge >= 0.3 is 0 Å². The van der Waals surface area contributed by atoms with E-state index in [9.17, 15) is 9.50 Å². The normalized spacial score (nSPS) is 18.8. The number of nitrogens with one attached hydrogen (secondary N) is 1. The minimum atomic E-state index is -0.476. The minimum absolute atomic E-state index is 0.0544. The van der Waals surface area contributed by atoms with Crippen LogP contribution in [0.4, 0.5) is 15.8 Å². The van der Waals surface area contributed by atoms with Crippen LogP contribution in [0.1, 0.15) is 24.0 Å². The average Bonchev–Trinajstić information content (AvgIpc) is 3.32. The largest absolute Gasteiger partial charge is 0.494 e. The zero-order valence-electron chi connectivity index (χ0n) is 16.8. The first kappa shape index (κ1) is 19.1. The molecule has 0 saturated carbocycles. The van der Waals surface area contributed by atoms with Gasteiger partial charge in [-0.2, -0.15) is 0 Å². The van der Waals surface area contributed by atoms with Crippen LogP contribution in [0.25, 0.3) is 10.9 Å². The first-order valence-electron chi connectivity index (χ1n) is 10.2. The summed E-state index contributed by atoms with van der Waals surface area (Å²) in [6, 6.07) is 10.8. The Labute approximate surface area is 173 Å². The Morgan fingerprint density at radius 1 is 1.17 bits per heavy atom. The molecule has 0 amide bonds. The number of aromatic amines is 1. The molecule has 30 heavy (non-hydrogen) atoms. The van der Waals surface area contributed by atoms with Crippen molar-refractivity contribution in [2.24, 2.45) is 4.99 Å². The second-order valence-corrected chi connectivity index (χ2v) is 7.87. The monoisotopic (exact) mass is 409 g/mol. The molecule has 0 bridgehead atoms. The Balaban J connectivity index is 1.35. The standard InChI is InChI=1S/C23H24FN3O3/c1-15-3-2-4-19-21(15)17(22(28)26-19)14-25-16-5-6-20(18(24)13-16)27-9-7-23(8-10-27)29-11-12-30-23/h2-6,13-14,26,28H,7-12H2,1H3. The van der Waals surface area contributed by atoms with Gasteiger partial charge in [-0.15, -0.1) is 0 Å². The molecule has 7 heteroatoms. The van der Waals surface area contributed by atoms with E-state index in [-0.39, 0.29) is 11.7 Å². The predicted molar refractivity (Wildman–Crippen MR) is 114 cm³/mol. The van der Waals surface area contributed by atoms with Gasteiger partial charge < -0.3 is 24.5 Å². The van der Waals surface area contributed by atoms with Crippen molar-refractivity contribution in [2.45, 2.75) is 25.6 Å². The maximum atomic E-state index is 14.8. The lowest BCUT2D eigenvalue weighted by molar-refractivity contribution is -0.169. The number of aromatic hydroxyl groups is 1. The maximum Gasteiger partial charge on any atom is 0.198 e. The number of hydrogen-bond donors (Lipinski definition) is 2. The number of anilines is 1. The van der Waals surface area contributed by atoms with Gasteiger partial charge in [-0.1, -0.05) is 12.1 Å². The lowest BCUT2D eigenvalue weighted by Crippen LogP contribution is -2.45. The molecular formula is C23H24FN3O3. The van der Waals surface area contributed by atoms with Crippen LogP contribution in [0.3, 0.4) is 0 Å². The molecule has 0 unspecified atom stereocenters. The molecule has 0 aliphatic carbocycles. The van der Waals surface area contributed by atoms with Gasteiger partial charge in [0.2, 0.25) is 0 Å². The van der Waals surface area contributed by atoms with Gasteiger partial charge in [0.15, 0.2) is 11.7 Å². The van der Waals surface area contributed by atoms with Crippen LogP contribution < -0.4 is 4.90 Å². The lowest BCUT2D eigenvalue weighted by atomic mass is 10.0. The van der Waals surface area contributed by atoms with E-state index in [0.29, 0.717) is 43.2 Å². The van der Waals surface area contributed by atoms with E-state index in [2.05, 4.69) is 9.98 Å². The van der Waals surface area contributed by atoms with E-state index in [0.717, 1.165) is 29.3 Å². The maximum absolute atomic E-state index is 14.8. The highest BCUT2D eigenvalue weighted by molar-refractivity contribution is 6.04. The molecule has 2 aliphatic heterocycles. The number of H-pyrrole nitrogens is 1. The molecule has 0 radical (unpaired) electrons. The smallest absolute Gasteiger partial charge is 0.198 e. The summed E-state index contributed by atoms with van der Waals surface area (Å²) in [6.45, 7) is 4.61. The molecular weight excluding hydrogens is 385 g/mol. The van der Waals surface area contributed by atoms with Crippen molar-refractivity contribution in [3.63, 3.8) is 0 Å². The van der Waals surface area contributed by atoms with Crippen LogP contribution in [0.5, 0.6) is 5.88 Å². The molecule has 2 N–H and O–H groups in total. The van der Waals surface area contributed by atoms with Gasteiger partial charge in [0.05, 0.1) is 30.2 Å². The minimum Gasteiger partial charge on any atom is -0.494 e. The van der Waals surface area contributed by atoms with Crippen molar-refractivity contribution in [3.8, 4) is 5.88 Å². The van der Waals surface area contributed by atoms with Crippen LogP contribution in [0.2, 0.25) is 0 Å². The van der Waals surface area contributed by atoms with Gasteiger partial charge in [0.25, 0.3) is 0 Å². The molecule has 1 spiro atoms. The molecule has 156 valence electrons. The topological polar surface area (TPSA) is 70.1 Å². The predicted octanol–water partition coefficient (Wildman–Crippen LogP) is 4.41. The van der Waals surface area contributed by atoms with Crippen molar-refractivity contribution >= 4 is 28.5 Å². The summed E-state index contributed by atoms with van der Waals surface area (Å²) in [6.07, 6.45) is 3.03. The summed E-state index contributed by atoms with van der Waals surface area (Å²) in [5, 5.41) is 11.2. The van der Waals surface area contributed by atoms with Gasteiger partial charge in [-0.3, -0.25) is 4.99 Å². The van der Waals surface area contributed by atoms with Crippen LogP contribution in [0, 0.1) is 12.7 Å². The third-order valence-corrected chi connectivity index (χ3v) is 6.00. The number of aromatic nitrogens is 1. The van der Waals surface area contributed by atoms with E-state index >= 15 is 0 Å². The SMILES string of the molecule is Cc1cccc2[nH]c(O)c(C=Nc3ccc(N4CCC5(CC4)OCCO5)c(F)c3)c12. The number of aliphatic imine (C=N–C) groups is 1. The van der Waals surface area contributed by atoms with E-state index in [1.54, 1.807) is 18.3 Å². The Morgan fingerprint density at radius 2 is 1.93 bits per heavy atom. The summed E-state index contributed by atoms with van der Waals surface area (Å²) in [5.74, 6) is -0.733. The molecule has 0 atom stereocenters. The quantitative estimate of drug-likeness (QED) is 0.629. The number of hydrogen-bond acceptors (Lipinski definition) is 5. The number of halogens is 1. The van der Waals surface area contributed by atoms with Crippen LogP contribution in [-0.4, -0.2) is 48.4 Å². The Morgan fingerprint density at radius 3 is 2.67 bits per heavy atom. The number of nitrogens with zero attached hydrogens (tertiary/aromatic N) is 2. The number of piperidine rings is 1. The molecule has 6 nitrogen and oxygen atoms in total. The van der Waals surface area contributed by atoms with Gasteiger partial charge in [-0.25, -0.2) is 4.39 Å². The highest BCUT2D eigenvalue weighted by Crippen LogP contribution is 2.35. The van der Waals surface area contributed by atoms with Crippen LogP contribution >= 0.6 is 0 Å². The molecule has 2 aliphatic rings. The first-order chi connectivity index (χ1) is 14.5. The van der Waals surface area contributed by atoms with Crippen molar-refractivity contribution in [2.75, 3.05) is 31.2 Å². The third-order valence-electron chi connectivity index (χ3n) is 6.00. The summed E-state index contributed by atoms with van der Waals surface area (Å²) < 4.78 is 26.3. The Bertz CT molecular complexity index is 1110. The third kappa shape index (κ3) is 3.34. The van der Waals surface area contributed by atoms with E-state index in [4.69, 9.17) is 9.47 Å². The average molecular weight is 409 g/mol. The zero-order chi connectivity index (χ0) is 20.7. The molecule has 5 rings (SSSR count). The Hall–Kier alpha value is -2.90. The lowest BCUT2D eigenvalue weighted by Gasteiger charge is -2.38. The summed E-state index contributed by atoms with van der Waals surface area (Å²) in [5.41, 5.74) is 3.53. The number of ether oxygens (including phenoxy) is 2. The number of fused-ring (bicyclic) bond motifs is 1. The highest BCUT2D eigenvalue weighted by atomic mass is 19.1. The van der Waals surface area contributed by atoms with E-state index in [1.165, 1.54) is 6.07 Å².